The van der Waals surface area contributed by atoms with Crippen molar-refractivity contribution in [2.75, 3.05) is 6.61 Å². The van der Waals surface area contributed by atoms with Crippen LogP contribution in [0.15, 0.2) is 12.2 Å². The number of fused-ring (bicyclic) bond motifs is 5. The maximum absolute atomic E-state index is 11.7. The molecular weight excluding hydrogens is 214 g/mol. The van der Waals surface area contributed by atoms with Gasteiger partial charge in [0, 0.05) is 11.9 Å². The summed E-state index contributed by atoms with van der Waals surface area (Å²) in [6.45, 7) is 2.45. The van der Waals surface area contributed by atoms with E-state index in [1.165, 1.54) is 0 Å². The first-order chi connectivity index (χ1) is 7.18. The number of imide groups is 1. The van der Waals surface area contributed by atoms with E-state index in [9.17, 15) is 9.59 Å². The lowest BCUT2D eigenvalue weighted by Gasteiger charge is -2.28. The zero-order chi connectivity index (χ0) is 10.6. The summed E-state index contributed by atoms with van der Waals surface area (Å²) in [5.74, 6) is -0.879. The van der Waals surface area contributed by atoms with E-state index in [0.717, 1.165) is 0 Å². The third kappa shape index (κ3) is 1.02. The molecule has 3 heterocycles. The molecule has 2 fully saturated rings. The lowest BCUT2D eigenvalue weighted by Crippen LogP contribution is -2.39. The maximum atomic E-state index is 11.7. The Morgan fingerprint density at radius 1 is 1.53 bits per heavy atom. The molecule has 0 saturated carbocycles. The Morgan fingerprint density at radius 3 is 3.07 bits per heavy atom. The molecule has 0 aromatic heterocycles. The second-order valence-corrected chi connectivity index (χ2v) is 5.37. The quantitative estimate of drug-likeness (QED) is 0.542. The third-order valence-electron chi connectivity index (χ3n) is 3.19. The molecule has 2 saturated heterocycles. The first kappa shape index (κ1) is 9.42. The molecule has 4 unspecified atom stereocenters. The second kappa shape index (κ2) is 2.86. The molecule has 3 aliphatic rings. The first-order valence-corrected chi connectivity index (χ1v) is 5.92. The molecule has 1 N–H and O–H groups in total. The van der Waals surface area contributed by atoms with Gasteiger partial charge < -0.3 is 4.74 Å². The van der Waals surface area contributed by atoms with Crippen molar-refractivity contribution in [1.82, 2.24) is 5.32 Å². The number of thioether (sulfide) groups is 1. The van der Waals surface area contributed by atoms with Crippen LogP contribution in [0.1, 0.15) is 6.92 Å². The van der Waals surface area contributed by atoms with E-state index in [-0.39, 0.29) is 28.9 Å². The van der Waals surface area contributed by atoms with Crippen LogP contribution in [0.2, 0.25) is 0 Å². The van der Waals surface area contributed by atoms with Gasteiger partial charge in [0.1, 0.15) is 4.93 Å². The molecule has 80 valence electrons. The monoisotopic (exact) mass is 225 g/mol. The van der Waals surface area contributed by atoms with Crippen molar-refractivity contribution < 1.29 is 14.3 Å². The Hall–Kier alpha value is -0.810. The number of nitrogens with one attached hydrogen (secondary N) is 1. The molecule has 3 aliphatic heterocycles. The summed E-state index contributed by atoms with van der Waals surface area (Å²) in [4.78, 5) is 22.7. The summed E-state index contributed by atoms with van der Waals surface area (Å²) in [5.41, 5.74) is 0. The predicted molar refractivity (Wildman–Crippen MR) is 55.0 cm³/mol. The summed E-state index contributed by atoms with van der Waals surface area (Å²) in [5, 5.41) is 2.50. The molecular formula is C10H11NO3S. The summed E-state index contributed by atoms with van der Waals surface area (Å²) >= 11 is 1.59. The number of amides is 2. The van der Waals surface area contributed by atoms with E-state index in [4.69, 9.17) is 4.74 Å². The Bertz CT molecular complexity index is 381. The average Bonchev–Trinajstić information content (AvgIpc) is 2.79. The lowest BCUT2D eigenvalue weighted by molar-refractivity contribution is -0.128. The highest BCUT2D eigenvalue weighted by molar-refractivity contribution is 8.02. The fourth-order valence-electron chi connectivity index (χ4n) is 2.66. The van der Waals surface area contributed by atoms with Gasteiger partial charge >= 0.3 is 0 Å². The van der Waals surface area contributed by atoms with Crippen LogP contribution in [0.25, 0.3) is 0 Å². The molecule has 0 aliphatic carbocycles. The van der Waals surface area contributed by atoms with Gasteiger partial charge in [-0.25, -0.2) is 0 Å². The molecule has 2 amide bonds. The maximum Gasteiger partial charge on any atom is 0.234 e. The number of carbonyl (C=O) groups excluding carboxylic acids is 2. The van der Waals surface area contributed by atoms with Crippen LogP contribution in [-0.4, -0.2) is 28.6 Å². The van der Waals surface area contributed by atoms with Crippen LogP contribution in [0.4, 0.5) is 0 Å². The topological polar surface area (TPSA) is 55.4 Å². The van der Waals surface area contributed by atoms with Gasteiger partial charge in [0.2, 0.25) is 11.8 Å². The average molecular weight is 225 g/mol. The predicted octanol–water partition coefficient (Wildman–Crippen LogP) is 0.293. The summed E-state index contributed by atoms with van der Waals surface area (Å²) < 4.78 is 5.68. The van der Waals surface area contributed by atoms with Crippen molar-refractivity contribution >= 4 is 23.6 Å². The molecule has 0 spiro atoms. The zero-order valence-corrected chi connectivity index (χ0v) is 9.04. The van der Waals surface area contributed by atoms with E-state index >= 15 is 0 Å². The van der Waals surface area contributed by atoms with E-state index in [2.05, 4.69) is 5.32 Å². The Kier molecular flexibility index (Phi) is 1.79. The van der Waals surface area contributed by atoms with Gasteiger partial charge in [0.15, 0.2) is 0 Å². The zero-order valence-electron chi connectivity index (χ0n) is 8.23. The lowest BCUT2D eigenvalue weighted by atomic mass is 9.83. The fourth-order valence-corrected chi connectivity index (χ4v) is 4.41. The Balaban J connectivity index is 2.03. The van der Waals surface area contributed by atoms with Gasteiger partial charge in [-0.3, -0.25) is 14.9 Å². The van der Waals surface area contributed by atoms with E-state index in [1.54, 1.807) is 11.8 Å². The largest absolute Gasteiger partial charge is 0.360 e. The standard InChI is InChI=1S/C10H11NO3S/c1-2-14-10-4-3-5(15-10)6-7(10)9(13)11-8(6)12/h3-7H,2H2,1H3,(H,11,12,13). The Morgan fingerprint density at radius 2 is 2.33 bits per heavy atom. The third-order valence-corrected chi connectivity index (χ3v) is 4.79. The number of hydrogen-bond donors (Lipinski definition) is 1. The van der Waals surface area contributed by atoms with Crippen LogP contribution >= 0.6 is 11.8 Å². The molecule has 4 nitrogen and oxygen atoms in total. The number of ether oxygens (including phenoxy) is 1. The van der Waals surface area contributed by atoms with Crippen molar-refractivity contribution in [2.24, 2.45) is 11.8 Å². The molecule has 4 atom stereocenters. The minimum atomic E-state index is -0.583. The van der Waals surface area contributed by atoms with Crippen LogP contribution in [0.5, 0.6) is 0 Å². The Labute approximate surface area is 91.4 Å². The van der Waals surface area contributed by atoms with Crippen molar-refractivity contribution in [2.45, 2.75) is 17.1 Å². The molecule has 0 aromatic rings. The summed E-state index contributed by atoms with van der Waals surface area (Å²) in [6, 6.07) is 0. The van der Waals surface area contributed by atoms with Gasteiger partial charge in [0.05, 0.1) is 11.8 Å². The molecule has 0 radical (unpaired) electrons. The van der Waals surface area contributed by atoms with Crippen molar-refractivity contribution in [3.8, 4) is 0 Å². The highest BCUT2D eigenvalue weighted by Gasteiger charge is 2.65. The van der Waals surface area contributed by atoms with Gasteiger partial charge in [0.25, 0.3) is 0 Å². The van der Waals surface area contributed by atoms with Crippen molar-refractivity contribution in [3.05, 3.63) is 12.2 Å². The van der Waals surface area contributed by atoms with E-state index in [0.29, 0.717) is 6.61 Å². The van der Waals surface area contributed by atoms with Crippen molar-refractivity contribution in [3.63, 3.8) is 0 Å². The van der Waals surface area contributed by atoms with Crippen LogP contribution in [-0.2, 0) is 14.3 Å². The van der Waals surface area contributed by atoms with Gasteiger partial charge in [-0.05, 0) is 13.0 Å². The molecule has 0 aromatic carbocycles. The minimum Gasteiger partial charge on any atom is -0.360 e. The summed E-state index contributed by atoms with van der Waals surface area (Å²) in [6.07, 6.45) is 3.92. The van der Waals surface area contributed by atoms with Crippen molar-refractivity contribution in [1.29, 1.82) is 0 Å². The van der Waals surface area contributed by atoms with Gasteiger partial charge in [-0.15, -0.1) is 11.8 Å². The van der Waals surface area contributed by atoms with Crippen LogP contribution in [0.3, 0.4) is 0 Å². The number of hydrogen-bond acceptors (Lipinski definition) is 4. The van der Waals surface area contributed by atoms with Crippen LogP contribution < -0.4 is 5.32 Å². The number of carbonyl (C=O) groups is 2. The van der Waals surface area contributed by atoms with E-state index in [1.807, 2.05) is 19.1 Å². The highest BCUT2D eigenvalue weighted by atomic mass is 32.2. The van der Waals surface area contributed by atoms with Gasteiger partial charge in [-0.2, -0.15) is 0 Å². The highest BCUT2D eigenvalue weighted by Crippen LogP contribution is 2.59. The fraction of sp³-hybridized carbons (Fsp3) is 0.600. The van der Waals surface area contributed by atoms with Crippen LogP contribution in [0, 0.1) is 11.8 Å². The first-order valence-electron chi connectivity index (χ1n) is 5.04. The molecule has 5 heteroatoms. The molecule has 2 bridgehead atoms. The van der Waals surface area contributed by atoms with E-state index < -0.39 is 4.93 Å². The van der Waals surface area contributed by atoms with Gasteiger partial charge in [-0.1, -0.05) is 6.08 Å². The molecule has 15 heavy (non-hydrogen) atoms. The smallest absolute Gasteiger partial charge is 0.234 e. The molecule has 3 rings (SSSR count). The normalized spacial score (nSPS) is 46.1. The number of rotatable bonds is 2. The SMILES string of the molecule is CCOC12C=CC(S1)C1C(=O)NC(=O)C12. The minimum absolute atomic E-state index is 0.105. The summed E-state index contributed by atoms with van der Waals surface area (Å²) in [7, 11) is 0. The second-order valence-electron chi connectivity index (χ2n) is 3.95.